The number of rotatable bonds is 6. The topological polar surface area (TPSA) is 67.4 Å². The SMILES string of the molecule is CCc1ccc(O[C@H](C)C(=O)NNC(=O)Cc2ccccc2)cc1. The van der Waals surface area contributed by atoms with Crippen LogP contribution in [0.1, 0.15) is 25.0 Å². The fourth-order valence-electron chi connectivity index (χ4n) is 2.12. The lowest BCUT2D eigenvalue weighted by atomic mass is 10.1. The average Bonchev–Trinajstić information content (AvgIpc) is 2.61. The molecule has 5 heteroatoms. The van der Waals surface area contributed by atoms with Crippen molar-refractivity contribution < 1.29 is 14.3 Å². The van der Waals surface area contributed by atoms with Crippen molar-refractivity contribution in [2.24, 2.45) is 0 Å². The van der Waals surface area contributed by atoms with E-state index in [1.807, 2.05) is 54.6 Å². The maximum absolute atomic E-state index is 12.0. The van der Waals surface area contributed by atoms with Gasteiger partial charge < -0.3 is 4.74 Å². The number of hydrogen-bond donors (Lipinski definition) is 2. The van der Waals surface area contributed by atoms with Gasteiger partial charge in [-0.25, -0.2) is 0 Å². The largest absolute Gasteiger partial charge is 0.481 e. The number of hydrogen-bond acceptors (Lipinski definition) is 3. The fourth-order valence-corrected chi connectivity index (χ4v) is 2.12. The molecule has 0 fully saturated rings. The highest BCUT2D eigenvalue weighted by molar-refractivity contribution is 5.85. The van der Waals surface area contributed by atoms with Gasteiger partial charge in [0.1, 0.15) is 5.75 Å². The van der Waals surface area contributed by atoms with Crippen LogP contribution in [0.25, 0.3) is 0 Å². The van der Waals surface area contributed by atoms with Gasteiger partial charge in [-0.3, -0.25) is 20.4 Å². The van der Waals surface area contributed by atoms with Crippen LogP contribution in [-0.4, -0.2) is 17.9 Å². The first-order valence-electron chi connectivity index (χ1n) is 7.96. The third-order valence-corrected chi connectivity index (χ3v) is 3.55. The molecule has 0 aliphatic carbocycles. The summed E-state index contributed by atoms with van der Waals surface area (Å²) in [7, 11) is 0. The molecule has 2 aromatic carbocycles. The third kappa shape index (κ3) is 5.43. The Labute approximate surface area is 142 Å². The van der Waals surface area contributed by atoms with Gasteiger partial charge in [-0.05, 0) is 36.6 Å². The first kappa shape index (κ1) is 17.5. The molecule has 2 N–H and O–H groups in total. The predicted octanol–water partition coefficient (Wildman–Crippen LogP) is 2.41. The molecule has 0 unspecified atom stereocenters. The van der Waals surface area contributed by atoms with Crippen molar-refractivity contribution in [2.45, 2.75) is 32.8 Å². The zero-order valence-electron chi connectivity index (χ0n) is 13.9. The molecule has 0 aliphatic rings. The van der Waals surface area contributed by atoms with Crippen molar-refractivity contribution >= 4 is 11.8 Å². The first-order valence-corrected chi connectivity index (χ1v) is 7.96. The lowest BCUT2D eigenvalue weighted by Gasteiger charge is -2.15. The second kappa shape index (κ2) is 8.72. The van der Waals surface area contributed by atoms with E-state index < -0.39 is 12.0 Å². The number of amides is 2. The minimum absolute atomic E-state index is 0.203. The van der Waals surface area contributed by atoms with Crippen LogP contribution in [0.3, 0.4) is 0 Å². The number of carbonyl (C=O) groups excluding carboxylic acids is 2. The molecule has 2 rings (SSSR count). The van der Waals surface area contributed by atoms with Crippen LogP contribution in [0.2, 0.25) is 0 Å². The predicted molar refractivity (Wildman–Crippen MR) is 92.3 cm³/mol. The second-order valence-electron chi connectivity index (χ2n) is 5.46. The number of hydrazine groups is 1. The van der Waals surface area contributed by atoms with Crippen molar-refractivity contribution in [2.75, 3.05) is 0 Å². The van der Waals surface area contributed by atoms with Gasteiger partial charge in [0.2, 0.25) is 5.91 Å². The van der Waals surface area contributed by atoms with Gasteiger partial charge in [-0.15, -0.1) is 0 Å². The Morgan fingerprint density at radius 1 is 0.958 bits per heavy atom. The van der Waals surface area contributed by atoms with Crippen LogP contribution in [0.15, 0.2) is 54.6 Å². The zero-order chi connectivity index (χ0) is 17.4. The normalized spacial score (nSPS) is 11.4. The van der Waals surface area contributed by atoms with E-state index in [9.17, 15) is 9.59 Å². The molecule has 1 atom stereocenters. The molecule has 0 aromatic heterocycles. The Kier molecular flexibility index (Phi) is 6.37. The molecule has 0 spiro atoms. The Hall–Kier alpha value is -2.82. The van der Waals surface area contributed by atoms with E-state index in [2.05, 4.69) is 17.8 Å². The molecule has 0 saturated carbocycles. The average molecular weight is 326 g/mol. The van der Waals surface area contributed by atoms with Gasteiger partial charge in [0, 0.05) is 0 Å². The minimum atomic E-state index is -0.713. The van der Waals surface area contributed by atoms with Gasteiger partial charge in [0.05, 0.1) is 6.42 Å². The van der Waals surface area contributed by atoms with E-state index in [0.717, 1.165) is 12.0 Å². The van der Waals surface area contributed by atoms with Gasteiger partial charge in [-0.2, -0.15) is 0 Å². The van der Waals surface area contributed by atoms with E-state index in [-0.39, 0.29) is 12.3 Å². The molecule has 2 amide bonds. The quantitative estimate of drug-likeness (QED) is 0.801. The summed E-state index contributed by atoms with van der Waals surface area (Å²) in [6.45, 7) is 3.70. The van der Waals surface area contributed by atoms with Crippen LogP contribution >= 0.6 is 0 Å². The van der Waals surface area contributed by atoms with Gasteiger partial charge in [0.25, 0.3) is 5.91 Å². The van der Waals surface area contributed by atoms with Gasteiger partial charge in [0.15, 0.2) is 6.10 Å². The summed E-state index contributed by atoms with van der Waals surface area (Å²) < 4.78 is 5.56. The van der Waals surface area contributed by atoms with Crippen LogP contribution < -0.4 is 15.6 Å². The van der Waals surface area contributed by atoms with Crippen LogP contribution in [-0.2, 0) is 22.4 Å². The lowest BCUT2D eigenvalue weighted by molar-refractivity contribution is -0.132. The molecule has 0 heterocycles. The molecule has 5 nitrogen and oxygen atoms in total. The number of aryl methyl sites for hydroxylation is 1. The highest BCUT2D eigenvalue weighted by Crippen LogP contribution is 2.14. The number of carbonyl (C=O) groups is 2. The Morgan fingerprint density at radius 3 is 2.25 bits per heavy atom. The molecular weight excluding hydrogens is 304 g/mol. The van der Waals surface area contributed by atoms with E-state index in [1.54, 1.807) is 6.92 Å². The molecule has 0 aliphatic heterocycles. The van der Waals surface area contributed by atoms with Crippen molar-refractivity contribution in [3.05, 3.63) is 65.7 Å². The van der Waals surface area contributed by atoms with Gasteiger partial charge >= 0.3 is 0 Å². The smallest absolute Gasteiger partial charge is 0.279 e. The monoisotopic (exact) mass is 326 g/mol. The molecule has 0 bridgehead atoms. The Balaban J connectivity index is 1.77. The second-order valence-corrected chi connectivity index (χ2v) is 5.46. The number of ether oxygens (including phenoxy) is 1. The van der Waals surface area contributed by atoms with E-state index >= 15 is 0 Å². The molecule has 126 valence electrons. The van der Waals surface area contributed by atoms with Crippen molar-refractivity contribution in [3.63, 3.8) is 0 Å². The highest BCUT2D eigenvalue weighted by atomic mass is 16.5. The van der Waals surface area contributed by atoms with Crippen LogP contribution in [0.4, 0.5) is 0 Å². The summed E-state index contributed by atoms with van der Waals surface area (Å²) in [4.78, 5) is 23.8. The zero-order valence-corrected chi connectivity index (χ0v) is 13.9. The third-order valence-electron chi connectivity index (χ3n) is 3.55. The Morgan fingerprint density at radius 2 is 1.62 bits per heavy atom. The van der Waals surface area contributed by atoms with Crippen molar-refractivity contribution in [3.8, 4) is 5.75 Å². The summed E-state index contributed by atoms with van der Waals surface area (Å²) in [6, 6.07) is 16.9. The highest BCUT2D eigenvalue weighted by Gasteiger charge is 2.15. The lowest BCUT2D eigenvalue weighted by Crippen LogP contribution is -2.47. The summed E-state index contributed by atoms with van der Waals surface area (Å²) >= 11 is 0. The summed E-state index contributed by atoms with van der Waals surface area (Å²) in [5, 5.41) is 0. The molecule has 2 aromatic rings. The number of benzene rings is 2. The van der Waals surface area contributed by atoms with E-state index in [4.69, 9.17) is 4.74 Å². The maximum Gasteiger partial charge on any atom is 0.279 e. The standard InChI is InChI=1S/C19H22N2O3/c1-3-15-9-11-17(12-10-15)24-14(2)19(23)21-20-18(22)13-16-7-5-4-6-8-16/h4-12,14H,3,13H2,1-2H3,(H,20,22)(H,21,23)/t14-/m1/s1. The molecular formula is C19H22N2O3. The summed E-state index contributed by atoms with van der Waals surface area (Å²) in [5.74, 6) is -0.0736. The van der Waals surface area contributed by atoms with E-state index in [1.165, 1.54) is 5.56 Å². The molecule has 0 saturated heterocycles. The van der Waals surface area contributed by atoms with E-state index in [0.29, 0.717) is 5.75 Å². The van der Waals surface area contributed by atoms with Crippen molar-refractivity contribution in [1.29, 1.82) is 0 Å². The fraction of sp³-hybridized carbons (Fsp3) is 0.263. The molecule has 24 heavy (non-hydrogen) atoms. The first-order chi connectivity index (χ1) is 11.6. The van der Waals surface area contributed by atoms with Crippen molar-refractivity contribution in [1.82, 2.24) is 10.9 Å². The Bertz CT molecular complexity index is 669. The summed E-state index contributed by atoms with van der Waals surface area (Å²) in [5.41, 5.74) is 6.86. The van der Waals surface area contributed by atoms with Gasteiger partial charge in [-0.1, -0.05) is 49.4 Å². The minimum Gasteiger partial charge on any atom is -0.481 e. The maximum atomic E-state index is 12.0. The van der Waals surface area contributed by atoms with Crippen LogP contribution in [0, 0.1) is 0 Å². The molecule has 0 radical (unpaired) electrons. The van der Waals surface area contributed by atoms with Crippen LogP contribution in [0.5, 0.6) is 5.75 Å². The summed E-state index contributed by atoms with van der Waals surface area (Å²) in [6.07, 6.45) is 0.438. The number of nitrogens with one attached hydrogen (secondary N) is 2.